The van der Waals surface area contributed by atoms with Crippen molar-refractivity contribution in [2.24, 2.45) is 0 Å². The van der Waals surface area contributed by atoms with E-state index < -0.39 is 5.97 Å². The normalized spacial score (nSPS) is 10.7. The molecule has 0 radical (unpaired) electrons. The fraction of sp³-hybridized carbons (Fsp3) is 0.294. The van der Waals surface area contributed by atoms with Crippen LogP contribution in [0, 0.1) is 0 Å². The lowest BCUT2D eigenvalue weighted by molar-refractivity contribution is -0.139. The van der Waals surface area contributed by atoms with Crippen LogP contribution < -0.4 is 9.47 Å². The van der Waals surface area contributed by atoms with Crippen LogP contribution in [0.3, 0.4) is 0 Å². The minimum atomic E-state index is -0.419. The van der Waals surface area contributed by atoms with Crippen molar-refractivity contribution in [3.05, 3.63) is 45.9 Å². The highest BCUT2D eigenvalue weighted by atomic mass is 32.1. The lowest BCUT2D eigenvalue weighted by atomic mass is 10.2. The van der Waals surface area contributed by atoms with Gasteiger partial charge in [0.15, 0.2) is 0 Å². The van der Waals surface area contributed by atoms with Crippen LogP contribution in [0.25, 0.3) is 6.08 Å². The van der Waals surface area contributed by atoms with Crippen LogP contribution >= 0.6 is 11.3 Å². The summed E-state index contributed by atoms with van der Waals surface area (Å²) in [6, 6.07) is 5.38. The number of carbonyl (C=O) groups is 1. The first kappa shape index (κ1) is 17.0. The van der Waals surface area contributed by atoms with Crippen molar-refractivity contribution < 1.29 is 19.0 Å². The lowest BCUT2D eigenvalue weighted by Gasteiger charge is -2.05. The molecule has 0 aliphatic carbocycles. The number of ether oxygens (including phenoxy) is 3. The summed E-state index contributed by atoms with van der Waals surface area (Å²) in [5.74, 6) is 0.900. The van der Waals surface area contributed by atoms with E-state index in [0.717, 1.165) is 22.7 Å². The molecule has 0 N–H and O–H groups in total. The predicted octanol–water partition coefficient (Wildman–Crippen LogP) is 3.48. The van der Waals surface area contributed by atoms with Crippen molar-refractivity contribution in [2.45, 2.75) is 20.0 Å². The van der Waals surface area contributed by atoms with Gasteiger partial charge in [0.05, 0.1) is 24.9 Å². The first-order valence-electron chi connectivity index (χ1n) is 7.15. The van der Waals surface area contributed by atoms with E-state index in [9.17, 15) is 4.79 Å². The molecule has 5 nitrogen and oxygen atoms in total. The van der Waals surface area contributed by atoms with Gasteiger partial charge in [-0.25, -0.2) is 9.78 Å². The van der Waals surface area contributed by atoms with Gasteiger partial charge < -0.3 is 14.2 Å². The van der Waals surface area contributed by atoms with E-state index in [1.165, 1.54) is 6.08 Å². The van der Waals surface area contributed by atoms with E-state index in [2.05, 4.69) is 4.98 Å². The Morgan fingerprint density at radius 2 is 1.91 bits per heavy atom. The van der Waals surface area contributed by atoms with Crippen molar-refractivity contribution in [1.82, 2.24) is 4.98 Å². The van der Waals surface area contributed by atoms with E-state index in [-0.39, 0.29) is 6.61 Å². The van der Waals surface area contributed by atoms with Gasteiger partial charge in [0.25, 0.3) is 0 Å². The second-order valence-electron chi connectivity index (χ2n) is 4.67. The number of methoxy groups -OCH3 is 2. The monoisotopic (exact) mass is 333 g/mol. The summed E-state index contributed by atoms with van der Waals surface area (Å²) < 4.78 is 15.5. The molecule has 0 aliphatic heterocycles. The smallest absolute Gasteiger partial charge is 0.331 e. The summed E-state index contributed by atoms with van der Waals surface area (Å²) in [4.78, 5) is 16.1. The second kappa shape index (κ2) is 8.33. The summed E-state index contributed by atoms with van der Waals surface area (Å²) in [6.45, 7) is 2.22. The van der Waals surface area contributed by atoms with Crippen molar-refractivity contribution in [3.8, 4) is 11.5 Å². The Morgan fingerprint density at radius 1 is 1.22 bits per heavy atom. The zero-order valence-electron chi connectivity index (χ0n) is 13.4. The number of esters is 1. The van der Waals surface area contributed by atoms with E-state index in [1.54, 1.807) is 49.8 Å². The number of aryl methyl sites for hydroxylation is 1. The standard InChI is InChI=1S/C17H19NO4S/c1-4-16-18-13(11-23-16)10-22-17(19)6-5-12-7-14(20-2)9-15(8-12)21-3/h5-9,11H,4,10H2,1-3H3/b6-5+. The van der Waals surface area contributed by atoms with Crippen LogP contribution in [0.15, 0.2) is 29.7 Å². The number of carbonyl (C=O) groups excluding carboxylic acids is 1. The summed E-state index contributed by atoms with van der Waals surface area (Å²) in [7, 11) is 3.16. The molecule has 122 valence electrons. The number of benzene rings is 1. The molecule has 2 rings (SSSR count). The van der Waals surface area contributed by atoms with Gasteiger partial charge >= 0.3 is 5.97 Å². The molecule has 0 saturated heterocycles. The highest BCUT2D eigenvalue weighted by Gasteiger charge is 2.04. The van der Waals surface area contributed by atoms with E-state index in [0.29, 0.717) is 11.5 Å². The molecule has 0 fully saturated rings. The zero-order chi connectivity index (χ0) is 16.7. The first-order chi connectivity index (χ1) is 11.1. The van der Waals surface area contributed by atoms with Crippen molar-refractivity contribution >= 4 is 23.4 Å². The summed E-state index contributed by atoms with van der Waals surface area (Å²) in [5.41, 5.74) is 1.57. The number of aromatic nitrogens is 1. The number of thiazole rings is 1. The van der Waals surface area contributed by atoms with Gasteiger partial charge in [-0.2, -0.15) is 0 Å². The summed E-state index contributed by atoms with van der Waals surface area (Å²) in [5, 5.41) is 2.94. The van der Waals surface area contributed by atoms with Crippen LogP contribution in [-0.4, -0.2) is 25.2 Å². The first-order valence-corrected chi connectivity index (χ1v) is 8.03. The van der Waals surface area contributed by atoms with E-state index in [1.807, 2.05) is 12.3 Å². The van der Waals surface area contributed by atoms with Gasteiger partial charge in [0, 0.05) is 17.5 Å². The molecular formula is C17H19NO4S. The van der Waals surface area contributed by atoms with Gasteiger partial charge in [0.1, 0.15) is 18.1 Å². The summed E-state index contributed by atoms with van der Waals surface area (Å²) in [6.07, 6.45) is 3.92. The molecule has 0 unspecified atom stereocenters. The third-order valence-corrected chi connectivity index (χ3v) is 4.09. The SMILES string of the molecule is CCc1nc(COC(=O)/C=C/c2cc(OC)cc(OC)c2)cs1. The van der Waals surface area contributed by atoms with Crippen LogP contribution in [0.4, 0.5) is 0 Å². The molecule has 1 heterocycles. The Bertz CT molecular complexity index is 671. The Labute approximate surface area is 139 Å². The largest absolute Gasteiger partial charge is 0.497 e. The van der Waals surface area contributed by atoms with Crippen LogP contribution in [-0.2, 0) is 22.6 Å². The van der Waals surface area contributed by atoms with Crippen LogP contribution in [0.1, 0.15) is 23.2 Å². The zero-order valence-corrected chi connectivity index (χ0v) is 14.2. The maximum atomic E-state index is 11.8. The quantitative estimate of drug-likeness (QED) is 0.573. The average molecular weight is 333 g/mol. The molecule has 1 aromatic heterocycles. The molecule has 0 saturated carbocycles. The Kier molecular flexibility index (Phi) is 6.17. The third-order valence-electron chi connectivity index (χ3n) is 3.05. The van der Waals surface area contributed by atoms with Gasteiger partial charge in [0.2, 0.25) is 0 Å². The third kappa shape index (κ3) is 5.10. The fourth-order valence-electron chi connectivity index (χ4n) is 1.86. The van der Waals surface area contributed by atoms with Gasteiger partial charge in [-0.15, -0.1) is 11.3 Å². The maximum absolute atomic E-state index is 11.8. The molecule has 23 heavy (non-hydrogen) atoms. The molecule has 6 heteroatoms. The molecule has 2 aromatic rings. The summed E-state index contributed by atoms with van der Waals surface area (Å²) >= 11 is 1.57. The molecule has 1 aromatic carbocycles. The molecule has 0 amide bonds. The highest BCUT2D eigenvalue weighted by molar-refractivity contribution is 7.09. The topological polar surface area (TPSA) is 57.7 Å². The Morgan fingerprint density at radius 3 is 2.48 bits per heavy atom. The van der Waals surface area contributed by atoms with Gasteiger partial charge in [-0.1, -0.05) is 6.92 Å². The van der Waals surface area contributed by atoms with Crippen molar-refractivity contribution in [2.75, 3.05) is 14.2 Å². The minimum Gasteiger partial charge on any atom is -0.497 e. The van der Waals surface area contributed by atoms with Gasteiger partial charge in [-0.3, -0.25) is 0 Å². The number of hydrogen-bond acceptors (Lipinski definition) is 6. The van der Waals surface area contributed by atoms with Crippen molar-refractivity contribution in [3.63, 3.8) is 0 Å². The second-order valence-corrected chi connectivity index (χ2v) is 5.62. The Balaban J connectivity index is 1.95. The minimum absolute atomic E-state index is 0.182. The van der Waals surface area contributed by atoms with Crippen LogP contribution in [0.5, 0.6) is 11.5 Å². The fourth-order valence-corrected chi connectivity index (χ4v) is 2.59. The highest BCUT2D eigenvalue weighted by Crippen LogP contribution is 2.23. The number of hydrogen-bond donors (Lipinski definition) is 0. The molecule has 0 bridgehead atoms. The van der Waals surface area contributed by atoms with Crippen LogP contribution in [0.2, 0.25) is 0 Å². The average Bonchev–Trinajstić information content (AvgIpc) is 3.05. The van der Waals surface area contributed by atoms with Gasteiger partial charge in [-0.05, 0) is 30.2 Å². The molecule has 0 atom stereocenters. The van der Waals surface area contributed by atoms with Crippen molar-refractivity contribution in [1.29, 1.82) is 0 Å². The predicted molar refractivity (Wildman–Crippen MR) is 89.9 cm³/mol. The Hall–Kier alpha value is -2.34. The molecule has 0 spiro atoms. The maximum Gasteiger partial charge on any atom is 0.331 e. The molecular weight excluding hydrogens is 314 g/mol. The number of rotatable bonds is 7. The van der Waals surface area contributed by atoms with E-state index in [4.69, 9.17) is 14.2 Å². The lowest BCUT2D eigenvalue weighted by Crippen LogP contribution is -2.01. The molecule has 0 aliphatic rings. The number of nitrogens with zero attached hydrogens (tertiary/aromatic N) is 1. The van der Waals surface area contributed by atoms with E-state index >= 15 is 0 Å².